The number of fused-ring (bicyclic) bond motifs is 4. The Labute approximate surface area is 143 Å². The first-order valence-electron chi connectivity index (χ1n) is 7.89. The number of carboxylic acids is 1. The van der Waals surface area contributed by atoms with Crippen molar-refractivity contribution >= 4 is 12.0 Å². The SMILES string of the molecule is O=C(O)C1c2cccc(O)c2[C@H]2CN1C(=O)N2OCc1ccccc1. The fourth-order valence-corrected chi connectivity index (χ4v) is 3.49. The van der Waals surface area contributed by atoms with Crippen molar-refractivity contribution in [1.82, 2.24) is 9.96 Å². The van der Waals surface area contributed by atoms with Crippen molar-refractivity contribution in [2.45, 2.75) is 18.7 Å². The van der Waals surface area contributed by atoms with E-state index < -0.39 is 24.1 Å². The number of benzene rings is 2. The van der Waals surface area contributed by atoms with Gasteiger partial charge in [-0.25, -0.2) is 9.59 Å². The van der Waals surface area contributed by atoms with Gasteiger partial charge in [-0.05, 0) is 17.2 Å². The van der Waals surface area contributed by atoms with Crippen LogP contribution >= 0.6 is 0 Å². The number of phenols is 1. The molecule has 2 heterocycles. The van der Waals surface area contributed by atoms with E-state index >= 15 is 0 Å². The third-order valence-corrected chi connectivity index (χ3v) is 4.59. The summed E-state index contributed by atoms with van der Waals surface area (Å²) in [5.74, 6) is -1.17. The van der Waals surface area contributed by atoms with Crippen LogP contribution < -0.4 is 0 Å². The number of hydrogen-bond acceptors (Lipinski definition) is 4. The number of aromatic hydroxyl groups is 1. The van der Waals surface area contributed by atoms with Gasteiger partial charge in [-0.3, -0.25) is 4.84 Å². The van der Waals surface area contributed by atoms with E-state index in [1.807, 2.05) is 30.3 Å². The van der Waals surface area contributed by atoms with E-state index in [1.54, 1.807) is 12.1 Å². The Balaban J connectivity index is 1.69. The number of urea groups is 1. The second-order valence-corrected chi connectivity index (χ2v) is 6.06. The van der Waals surface area contributed by atoms with E-state index in [9.17, 15) is 19.8 Å². The summed E-state index contributed by atoms with van der Waals surface area (Å²) in [5.41, 5.74) is 1.74. The maximum Gasteiger partial charge on any atom is 0.345 e. The Bertz CT molecular complexity index is 839. The van der Waals surface area contributed by atoms with Gasteiger partial charge in [0.2, 0.25) is 0 Å². The molecule has 2 N–H and O–H groups in total. The number of nitrogens with zero attached hydrogens (tertiary/aromatic N) is 2. The first-order chi connectivity index (χ1) is 12.1. The Hall–Kier alpha value is -3.06. The number of amides is 2. The van der Waals surface area contributed by atoms with Crippen LogP contribution in [0.4, 0.5) is 4.79 Å². The Morgan fingerprint density at radius 3 is 2.64 bits per heavy atom. The molecule has 2 amide bonds. The topological polar surface area (TPSA) is 90.3 Å². The van der Waals surface area contributed by atoms with Gasteiger partial charge in [-0.15, -0.1) is 0 Å². The van der Waals surface area contributed by atoms with E-state index in [1.165, 1.54) is 16.0 Å². The highest BCUT2D eigenvalue weighted by Gasteiger charge is 2.52. The molecule has 128 valence electrons. The molecule has 1 fully saturated rings. The molecular formula is C18H16N2O5. The van der Waals surface area contributed by atoms with Crippen LogP contribution in [0.1, 0.15) is 28.8 Å². The van der Waals surface area contributed by atoms with Crippen LogP contribution in [0.5, 0.6) is 5.75 Å². The van der Waals surface area contributed by atoms with Gasteiger partial charge in [-0.1, -0.05) is 42.5 Å². The summed E-state index contributed by atoms with van der Waals surface area (Å²) < 4.78 is 0. The van der Waals surface area contributed by atoms with Crippen LogP contribution in [0.25, 0.3) is 0 Å². The van der Waals surface area contributed by atoms with Crippen molar-refractivity contribution < 1.29 is 24.6 Å². The molecule has 1 saturated heterocycles. The molecule has 0 aliphatic carbocycles. The van der Waals surface area contributed by atoms with Gasteiger partial charge >= 0.3 is 12.0 Å². The quantitative estimate of drug-likeness (QED) is 0.892. The zero-order valence-corrected chi connectivity index (χ0v) is 13.2. The van der Waals surface area contributed by atoms with Crippen molar-refractivity contribution in [3.05, 3.63) is 65.2 Å². The molecular weight excluding hydrogens is 324 g/mol. The lowest BCUT2D eigenvalue weighted by Crippen LogP contribution is -2.38. The predicted octanol–water partition coefficient (Wildman–Crippen LogP) is 2.44. The first kappa shape index (κ1) is 15.5. The number of rotatable bonds is 4. The normalized spacial score (nSPS) is 21.4. The van der Waals surface area contributed by atoms with Crippen LogP contribution in [0.3, 0.4) is 0 Å². The summed E-state index contributed by atoms with van der Waals surface area (Å²) in [5, 5.41) is 21.0. The van der Waals surface area contributed by atoms with E-state index in [0.29, 0.717) is 11.1 Å². The summed E-state index contributed by atoms with van der Waals surface area (Å²) in [4.78, 5) is 31.4. The summed E-state index contributed by atoms with van der Waals surface area (Å²) in [6.45, 7) is 0.340. The van der Waals surface area contributed by atoms with Crippen LogP contribution in [0, 0.1) is 0 Å². The van der Waals surface area contributed by atoms with Gasteiger partial charge in [0, 0.05) is 5.56 Å². The maximum atomic E-state index is 12.7. The molecule has 25 heavy (non-hydrogen) atoms. The molecule has 0 radical (unpaired) electrons. The predicted molar refractivity (Wildman–Crippen MR) is 86.4 cm³/mol. The second-order valence-electron chi connectivity index (χ2n) is 6.06. The molecule has 2 atom stereocenters. The van der Waals surface area contributed by atoms with Crippen molar-refractivity contribution in [2.24, 2.45) is 0 Å². The molecule has 0 saturated carbocycles. The molecule has 2 aromatic carbocycles. The molecule has 2 aromatic rings. The highest BCUT2D eigenvalue weighted by Crippen LogP contribution is 2.47. The number of carboxylic acid groups (broad SMARTS) is 1. The lowest BCUT2D eigenvalue weighted by atomic mass is 9.90. The standard InChI is InChI=1S/C18H16N2O5/c21-14-8-4-7-12-15(14)13-9-19(16(12)17(22)23)18(24)20(13)25-10-11-5-2-1-3-6-11/h1-8,13,16,21H,9-10H2,(H,22,23)/t13-,16?/m1/s1. The highest BCUT2D eigenvalue weighted by molar-refractivity contribution is 5.87. The lowest BCUT2D eigenvalue weighted by molar-refractivity contribution is -0.143. The zero-order valence-electron chi connectivity index (χ0n) is 13.2. The summed E-state index contributed by atoms with van der Waals surface area (Å²) in [7, 11) is 0. The lowest BCUT2D eigenvalue weighted by Gasteiger charge is -2.30. The molecule has 0 spiro atoms. The van der Waals surface area contributed by atoms with Gasteiger partial charge in [0.05, 0.1) is 6.54 Å². The fraction of sp³-hybridized carbons (Fsp3) is 0.222. The molecule has 4 rings (SSSR count). The summed E-state index contributed by atoms with van der Waals surface area (Å²) >= 11 is 0. The number of carbonyl (C=O) groups excluding carboxylic acids is 1. The Kier molecular flexibility index (Phi) is 3.58. The van der Waals surface area contributed by atoms with E-state index in [4.69, 9.17) is 4.84 Å². The van der Waals surface area contributed by atoms with Crippen molar-refractivity contribution in [2.75, 3.05) is 6.54 Å². The molecule has 7 nitrogen and oxygen atoms in total. The number of phenolic OH excluding ortho intramolecular Hbond substituents is 1. The van der Waals surface area contributed by atoms with Gasteiger partial charge in [-0.2, -0.15) is 5.06 Å². The van der Waals surface area contributed by atoms with Crippen LogP contribution in [-0.4, -0.2) is 38.7 Å². The smallest absolute Gasteiger partial charge is 0.345 e. The first-order valence-corrected chi connectivity index (χ1v) is 7.89. The molecule has 2 aliphatic rings. The fourth-order valence-electron chi connectivity index (χ4n) is 3.49. The second kappa shape index (κ2) is 5.78. The van der Waals surface area contributed by atoms with Gasteiger partial charge in [0.25, 0.3) is 0 Å². The number of hydroxylamine groups is 2. The Morgan fingerprint density at radius 1 is 1.16 bits per heavy atom. The molecule has 2 bridgehead atoms. The van der Waals surface area contributed by atoms with E-state index in [0.717, 1.165) is 5.56 Å². The minimum atomic E-state index is -1.14. The molecule has 0 aromatic heterocycles. The third-order valence-electron chi connectivity index (χ3n) is 4.59. The van der Waals surface area contributed by atoms with E-state index in [2.05, 4.69) is 0 Å². The van der Waals surface area contributed by atoms with Crippen molar-refractivity contribution in [3.8, 4) is 5.75 Å². The zero-order chi connectivity index (χ0) is 17.6. The van der Waals surface area contributed by atoms with Crippen LogP contribution in [0.2, 0.25) is 0 Å². The summed E-state index contributed by atoms with van der Waals surface area (Å²) in [6, 6.07) is 11.9. The average Bonchev–Trinajstić information content (AvgIpc) is 2.86. The highest BCUT2D eigenvalue weighted by atomic mass is 16.7. The number of aliphatic carboxylic acids is 1. The van der Waals surface area contributed by atoms with Crippen molar-refractivity contribution in [1.29, 1.82) is 0 Å². The third kappa shape index (κ3) is 2.40. The monoisotopic (exact) mass is 340 g/mol. The maximum absolute atomic E-state index is 12.7. The largest absolute Gasteiger partial charge is 0.508 e. The molecule has 7 heteroatoms. The molecule has 2 aliphatic heterocycles. The Morgan fingerprint density at radius 2 is 1.92 bits per heavy atom. The summed E-state index contributed by atoms with van der Waals surface area (Å²) in [6.07, 6.45) is 0. The minimum Gasteiger partial charge on any atom is -0.508 e. The van der Waals surface area contributed by atoms with Gasteiger partial charge in [0.1, 0.15) is 18.4 Å². The number of hydrogen-bond donors (Lipinski definition) is 2. The van der Waals surface area contributed by atoms with Gasteiger partial charge < -0.3 is 15.1 Å². The van der Waals surface area contributed by atoms with Gasteiger partial charge in [0.15, 0.2) is 6.04 Å². The van der Waals surface area contributed by atoms with Crippen LogP contribution in [-0.2, 0) is 16.2 Å². The molecule has 1 unspecified atom stereocenters. The minimum absolute atomic E-state index is 0.0311. The van der Waals surface area contributed by atoms with E-state index in [-0.39, 0.29) is 18.9 Å². The van der Waals surface area contributed by atoms with Crippen molar-refractivity contribution in [3.63, 3.8) is 0 Å². The average molecular weight is 340 g/mol. The number of carbonyl (C=O) groups is 2. The van der Waals surface area contributed by atoms with Crippen LogP contribution in [0.15, 0.2) is 48.5 Å².